The summed E-state index contributed by atoms with van der Waals surface area (Å²) in [6, 6.07) is 2.91. The first-order valence-corrected chi connectivity index (χ1v) is 2.63. The largest absolute Gasteiger partial charge is 0.371 e. The summed E-state index contributed by atoms with van der Waals surface area (Å²) >= 11 is 0. The number of pyridine rings is 1. The molecule has 0 atom stereocenters. The topological polar surface area (TPSA) is 24.9 Å². The van der Waals surface area contributed by atoms with Crippen LogP contribution in [0.15, 0.2) is 18.3 Å². The Morgan fingerprint density at radius 1 is 1.45 bits per heavy atom. The van der Waals surface area contributed by atoms with Crippen molar-refractivity contribution in [2.24, 2.45) is 0 Å². The second kappa shape index (κ2) is 6.19. The number of rotatable bonds is 1. The Kier molecular flexibility index (Phi) is 7.36. The molecule has 0 bridgehead atoms. The summed E-state index contributed by atoms with van der Waals surface area (Å²) in [4.78, 5) is 3.71. The van der Waals surface area contributed by atoms with Crippen LogP contribution in [0.4, 0.5) is 10.2 Å². The molecule has 0 aliphatic heterocycles. The number of anilines is 1. The fourth-order valence-corrected chi connectivity index (χ4v) is 0.570. The van der Waals surface area contributed by atoms with Crippen LogP contribution in [0, 0.1) is 5.82 Å². The fourth-order valence-electron chi connectivity index (χ4n) is 0.570. The van der Waals surface area contributed by atoms with Crippen LogP contribution in [0.2, 0.25) is 0 Å². The second-order valence-corrected chi connectivity index (χ2v) is 1.58. The van der Waals surface area contributed by atoms with Crippen LogP contribution in [0.3, 0.4) is 0 Å². The highest BCUT2D eigenvalue weighted by Gasteiger charge is 1.95. The van der Waals surface area contributed by atoms with Gasteiger partial charge in [0.05, 0.1) is 0 Å². The average Bonchev–Trinajstić information content (AvgIpc) is 1.89. The van der Waals surface area contributed by atoms with Crippen molar-refractivity contribution in [3.63, 3.8) is 0 Å². The van der Waals surface area contributed by atoms with Crippen LogP contribution in [-0.4, -0.2) is 12.0 Å². The number of hydrogen-bond donors (Lipinski definition) is 1. The zero-order chi connectivity index (χ0) is 6.69. The molecule has 0 aliphatic rings. The van der Waals surface area contributed by atoms with Crippen molar-refractivity contribution in [2.75, 3.05) is 12.4 Å². The number of nitrogens with one attached hydrogen (secondary N) is 1. The normalized spacial score (nSPS) is 7.45. The van der Waals surface area contributed by atoms with Gasteiger partial charge in [0, 0.05) is 13.2 Å². The summed E-state index contributed by atoms with van der Waals surface area (Å²) in [6.07, 6.45) is 1.54. The van der Waals surface area contributed by atoms with E-state index in [2.05, 4.69) is 10.3 Å². The summed E-state index contributed by atoms with van der Waals surface area (Å²) in [6.45, 7) is 0. The van der Waals surface area contributed by atoms with Crippen molar-refractivity contribution in [3.8, 4) is 0 Å². The van der Waals surface area contributed by atoms with Crippen LogP contribution in [-0.2, 0) is 0 Å². The molecule has 1 aromatic heterocycles. The van der Waals surface area contributed by atoms with E-state index in [1.807, 2.05) is 0 Å². The lowest BCUT2D eigenvalue weighted by Crippen LogP contribution is -1.94. The molecule has 0 aliphatic carbocycles. The Bertz CT molecular complexity index is 208. The molecule has 1 rings (SSSR count). The predicted molar refractivity (Wildman–Crippen MR) is 48.2 cm³/mol. The molecular weight excluding hydrogens is 190 g/mol. The van der Waals surface area contributed by atoms with E-state index in [4.69, 9.17) is 0 Å². The van der Waals surface area contributed by atoms with Crippen molar-refractivity contribution in [3.05, 3.63) is 24.1 Å². The first-order chi connectivity index (χ1) is 4.34. The molecule has 1 heterocycles. The Hall–Kier alpha value is -0.540. The Morgan fingerprint density at radius 3 is 2.45 bits per heavy atom. The first kappa shape index (κ1) is 13.1. The summed E-state index contributed by atoms with van der Waals surface area (Å²) < 4.78 is 12.5. The molecule has 0 aromatic carbocycles. The van der Waals surface area contributed by atoms with Crippen molar-refractivity contribution in [1.29, 1.82) is 0 Å². The molecule has 0 fully saturated rings. The van der Waals surface area contributed by atoms with E-state index in [9.17, 15) is 4.39 Å². The minimum Gasteiger partial charge on any atom is -0.371 e. The third kappa shape index (κ3) is 3.39. The Balaban J connectivity index is 0. The molecule has 5 heteroatoms. The number of hydrogen-bond acceptors (Lipinski definition) is 2. The summed E-state index contributed by atoms with van der Waals surface area (Å²) in [5.41, 5.74) is 0. The second-order valence-electron chi connectivity index (χ2n) is 1.58. The Labute approximate surface area is 77.0 Å². The molecule has 0 radical (unpaired) electrons. The summed E-state index contributed by atoms with van der Waals surface area (Å²) in [7, 11) is 1.63. The van der Waals surface area contributed by atoms with E-state index in [0.29, 0.717) is 0 Å². The zero-order valence-corrected chi connectivity index (χ0v) is 7.51. The maximum absolute atomic E-state index is 12.5. The SMILES string of the molecule is CNc1ncccc1F.Cl.Cl. The molecular formula is C6H9Cl2FN2. The van der Waals surface area contributed by atoms with Gasteiger partial charge in [0.15, 0.2) is 11.6 Å². The van der Waals surface area contributed by atoms with E-state index < -0.39 is 0 Å². The van der Waals surface area contributed by atoms with Crippen LogP contribution in [0.1, 0.15) is 0 Å². The minimum atomic E-state index is -0.319. The van der Waals surface area contributed by atoms with Gasteiger partial charge in [-0.15, -0.1) is 24.8 Å². The van der Waals surface area contributed by atoms with Crippen molar-refractivity contribution < 1.29 is 4.39 Å². The van der Waals surface area contributed by atoms with E-state index in [1.54, 1.807) is 13.1 Å². The predicted octanol–water partition coefficient (Wildman–Crippen LogP) is 2.11. The monoisotopic (exact) mass is 198 g/mol. The molecule has 0 amide bonds. The third-order valence-corrected chi connectivity index (χ3v) is 0.995. The highest BCUT2D eigenvalue weighted by molar-refractivity contribution is 5.85. The van der Waals surface area contributed by atoms with Gasteiger partial charge in [-0.2, -0.15) is 0 Å². The van der Waals surface area contributed by atoms with Gasteiger partial charge in [0.2, 0.25) is 0 Å². The Morgan fingerprint density at radius 2 is 2.09 bits per heavy atom. The van der Waals surface area contributed by atoms with Gasteiger partial charge >= 0.3 is 0 Å². The van der Waals surface area contributed by atoms with Crippen molar-refractivity contribution in [2.45, 2.75) is 0 Å². The standard InChI is InChI=1S/C6H7FN2.2ClH/c1-8-6-5(7)3-2-4-9-6;;/h2-4H,1H3,(H,8,9);2*1H. The lowest BCUT2D eigenvalue weighted by molar-refractivity contribution is 0.626. The van der Waals surface area contributed by atoms with Crippen LogP contribution in [0.5, 0.6) is 0 Å². The quantitative estimate of drug-likeness (QED) is 0.749. The summed E-state index contributed by atoms with van der Waals surface area (Å²) in [5.74, 6) is -0.0301. The third-order valence-electron chi connectivity index (χ3n) is 0.995. The van der Waals surface area contributed by atoms with Gasteiger partial charge in [-0.3, -0.25) is 0 Å². The number of halogens is 3. The number of nitrogens with zero attached hydrogens (tertiary/aromatic N) is 1. The maximum atomic E-state index is 12.5. The molecule has 1 N–H and O–H groups in total. The maximum Gasteiger partial charge on any atom is 0.165 e. The molecule has 0 spiro atoms. The van der Waals surface area contributed by atoms with Crippen LogP contribution < -0.4 is 5.32 Å². The molecule has 0 unspecified atom stereocenters. The molecule has 64 valence electrons. The van der Waals surface area contributed by atoms with Crippen molar-refractivity contribution in [1.82, 2.24) is 4.98 Å². The lowest BCUT2D eigenvalue weighted by Gasteiger charge is -1.96. The van der Waals surface area contributed by atoms with Gasteiger partial charge in [0.25, 0.3) is 0 Å². The van der Waals surface area contributed by atoms with Gasteiger partial charge in [-0.25, -0.2) is 9.37 Å². The molecule has 1 aromatic rings. The van der Waals surface area contributed by atoms with Crippen molar-refractivity contribution >= 4 is 30.6 Å². The van der Waals surface area contributed by atoms with Crippen LogP contribution in [0.25, 0.3) is 0 Å². The van der Waals surface area contributed by atoms with Gasteiger partial charge < -0.3 is 5.32 Å². The van der Waals surface area contributed by atoms with Crippen LogP contribution >= 0.6 is 24.8 Å². The lowest BCUT2D eigenvalue weighted by atomic mass is 10.4. The van der Waals surface area contributed by atoms with E-state index in [-0.39, 0.29) is 36.4 Å². The molecule has 0 saturated heterocycles. The smallest absolute Gasteiger partial charge is 0.165 e. The van der Waals surface area contributed by atoms with Gasteiger partial charge in [-0.05, 0) is 12.1 Å². The highest BCUT2D eigenvalue weighted by atomic mass is 35.5. The average molecular weight is 199 g/mol. The zero-order valence-electron chi connectivity index (χ0n) is 5.87. The highest BCUT2D eigenvalue weighted by Crippen LogP contribution is 2.05. The molecule has 11 heavy (non-hydrogen) atoms. The summed E-state index contributed by atoms with van der Waals surface area (Å²) in [5, 5.41) is 2.61. The fraction of sp³-hybridized carbons (Fsp3) is 0.167. The van der Waals surface area contributed by atoms with E-state index in [1.165, 1.54) is 12.3 Å². The van der Waals surface area contributed by atoms with E-state index >= 15 is 0 Å². The van der Waals surface area contributed by atoms with Gasteiger partial charge in [0.1, 0.15) is 0 Å². The molecule has 2 nitrogen and oxygen atoms in total. The van der Waals surface area contributed by atoms with E-state index in [0.717, 1.165) is 0 Å². The number of aromatic nitrogens is 1. The van der Waals surface area contributed by atoms with Gasteiger partial charge in [-0.1, -0.05) is 0 Å². The minimum absolute atomic E-state index is 0. The molecule has 0 saturated carbocycles. The first-order valence-electron chi connectivity index (χ1n) is 2.63.